The van der Waals surface area contributed by atoms with Crippen molar-refractivity contribution in [2.24, 2.45) is 0 Å². The number of nitrogens with zero attached hydrogens (tertiary/aromatic N) is 4. The molecule has 2 N–H and O–H groups in total. The summed E-state index contributed by atoms with van der Waals surface area (Å²) in [7, 11) is 0. The standard InChI is InChI=1S/C18H20N6O3/c1-11(25)20-13-7-5-12(6-8-13)14-9-10-19-16-21-15(23-24(14)16)22-17(26)27-18(2,3)4/h5-10H,1-4H3,(H,20,25)(H,22,23,26). The second-order valence-corrected chi connectivity index (χ2v) is 6.86. The summed E-state index contributed by atoms with van der Waals surface area (Å²) in [5.41, 5.74) is 1.66. The summed E-state index contributed by atoms with van der Waals surface area (Å²) in [6, 6.07) is 9.07. The molecule has 0 radical (unpaired) electrons. The Hall–Kier alpha value is -3.49. The van der Waals surface area contributed by atoms with Crippen LogP contribution in [0.15, 0.2) is 36.5 Å². The fourth-order valence-electron chi connectivity index (χ4n) is 2.39. The highest BCUT2D eigenvalue weighted by atomic mass is 16.6. The van der Waals surface area contributed by atoms with E-state index in [1.165, 1.54) is 11.4 Å². The summed E-state index contributed by atoms with van der Waals surface area (Å²) in [5.74, 6) is 0.298. The monoisotopic (exact) mass is 368 g/mol. The smallest absolute Gasteiger partial charge is 0.414 e. The van der Waals surface area contributed by atoms with Crippen molar-refractivity contribution in [2.75, 3.05) is 10.6 Å². The van der Waals surface area contributed by atoms with Crippen molar-refractivity contribution in [3.8, 4) is 11.3 Å². The molecule has 140 valence electrons. The molecule has 0 aliphatic heterocycles. The van der Waals surface area contributed by atoms with Gasteiger partial charge in [0.1, 0.15) is 5.60 Å². The summed E-state index contributed by atoms with van der Waals surface area (Å²) in [6.45, 7) is 6.77. The summed E-state index contributed by atoms with van der Waals surface area (Å²) in [4.78, 5) is 31.4. The van der Waals surface area contributed by atoms with Gasteiger partial charge in [-0.05, 0) is 39.0 Å². The van der Waals surface area contributed by atoms with E-state index in [4.69, 9.17) is 4.74 Å². The van der Waals surface area contributed by atoms with Crippen LogP contribution in [0.5, 0.6) is 0 Å². The Morgan fingerprint density at radius 2 is 1.78 bits per heavy atom. The van der Waals surface area contributed by atoms with Gasteiger partial charge in [-0.1, -0.05) is 12.1 Å². The van der Waals surface area contributed by atoms with Crippen LogP contribution >= 0.6 is 0 Å². The molecule has 9 nitrogen and oxygen atoms in total. The minimum Gasteiger partial charge on any atom is -0.444 e. The van der Waals surface area contributed by atoms with Crippen molar-refractivity contribution in [2.45, 2.75) is 33.3 Å². The molecule has 9 heteroatoms. The minimum atomic E-state index is -0.639. The summed E-state index contributed by atoms with van der Waals surface area (Å²) in [5, 5.41) is 9.51. The summed E-state index contributed by atoms with van der Waals surface area (Å²) in [6.07, 6.45) is 0.970. The lowest BCUT2D eigenvalue weighted by atomic mass is 10.1. The largest absolute Gasteiger partial charge is 0.444 e. The molecule has 0 unspecified atom stereocenters. The molecule has 2 heterocycles. The molecule has 1 aromatic carbocycles. The zero-order chi connectivity index (χ0) is 19.6. The maximum absolute atomic E-state index is 11.9. The van der Waals surface area contributed by atoms with E-state index >= 15 is 0 Å². The molecule has 0 spiro atoms. The van der Waals surface area contributed by atoms with Gasteiger partial charge in [-0.3, -0.25) is 10.1 Å². The second kappa shape index (κ2) is 7.02. The summed E-state index contributed by atoms with van der Waals surface area (Å²) < 4.78 is 6.73. The zero-order valence-corrected chi connectivity index (χ0v) is 15.5. The lowest BCUT2D eigenvalue weighted by Gasteiger charge is -2.18. The molecular formula is C18H20N6O3. The van der Waals surface area contributed by atoms with Gasteiger partial charge in [-0.2, -0.15) is 9.50 Å². The predicted molar refractivity (Wildman–Crippen MR) is 100 cm³/mol. The van der Waals surface area contributed by atoms with Crippen LogP contribution in [0.2, 0.25) is 0 Å². The van der Waals surface area contributed by atoms with E-state index in [0.29, 0.717) is 11.5 Å². The molecule has 0 fully saturated rings. The fraction of sp³-hybridized carbons (Fsp3) is 0.278. The summed E-state index contributed by atoms with van der Waals surface area (Å²) >= 11 is 0. The number of aromatic nitrogens is 4. The van der Waals surface area contributed by atoms with Crippen molar-refractivity contribution in [1.82, 2.24) is 19.6 Å². The van der Waals surface area contributed by atoms with E-state index in [9.17, 15) is 9.59 Å². The number of nitrogens with one attached hydrogen (secondary N) is 2. The third-order valence-corrected chi connectivity index (χ3v) is 3.35. The van der Waals surface area contributed by atoms with E-state index in [2.05, 4.69) is 25.7 Å². The molecule has 2 aromatic heterocycles. The number of carbonyl (C=O) groups is 2. The van der Waals surface area contributed by atoms with Crippen LogP contribution < -0.4 is 10.6 Å². The van der Waals surface area contributed by atoms with E-state index in [-0.39, 0.29) is 11.9 Å². The van der Waals surface area contributed by atoms with Crippen molar-refractivity contribution in [1.29, 1.82) is 0 Å². The molecule has 0 saturated heterocycles. The van der Waals surface area contributed by atoms with Crippen molar-refractivity contribution in [3.05, 3.63) is 36.5 Å². The third-order valence-electron chi connectivity index (χ3n) is 3.35. The maximum Gasteiger partial charge on any atom is 0.414 e. The van der Waals surface area contributed by atoms with Crippen LogP contribution in [-0.4, -0.2) is 37.2 Å². The Morgan fingerprint density at radius 3 is 2.41 bits per heavy atom. The van der Waals surface area contributed by atoms with E-state index < -0.39 is 11.7 Å². The first-order valence-electron chi connectivity index (χ1n) is 8.31. The Kier molecular flexibility index (Phi) is 4.76. The van der Waals surface area contributed by atoms with Gasteiger partial charge in [0.05, 0.1) is 5.69 Å². The van der Waals surface area contributed by atoms with Crippen LogP contribution in [0.1, 0.15) is 27.7 Å². The molecule has 3 aromatic rings. The number of amides is 2. The van der Waals surface area contributed by atoms with Gasteiger partial charge in [0.15, 0.2) is 0 Å². The first-order valence-corrected chi connectivity index (χ1v) is 8.31. The number of benzene rings is 1. The topological polar surface area (TPSA) is 111 Å². The first kappa shape index (κ1) is 18.3. The highest BCUT2D eigenvalue weighted by molar-refractivity contribution is 5.89. The molecule has 0 aliphatic carbocycles. The molecular weight excluding hydrogens is 348 g/mol. The average molecular weight is 368 g/mol. The molecule has 3 rings (SSSR count). The van der Waals surface area contributed by atoms with Crippen LogP contribution in [0.25, 0.3) is 17.0 Å². The quantitative estimate of drug-likeness (QED) is 0.735. The average Bonchev–Trinajstić information content (AvgIpc) is 2.95. The highest BCUT2D eigenvalue weighted by Gasteiger charge is 2.18. The lowest BCUT2D eigenvalue weighted by molar-refractivity contribution is -0.114. The predicted octanol–water partition coefficient (Wildman–Crippen LogP) is 3.10. The van der Waals surface area contributed by atoms with Crippen LogP contribution in [0.3, 0.4) is 0 Å². The molecule has 0 atom stereocenters. The van der Waals surface area contributed by atoms with Crippen molar-refractivity contribution in [3.63, 3.8) is 0 Å². The van der Waals surface area contributed by atoms with Gasteiger partial charge in [-0.25, -0.2) is 9.78 Å². The Bertz CT molecular complexity index is 988. The minimum absolute atomic E-state index is 0.0964. The van der Waals surface area contributed by atoms with Crippen LogP contribution in [-0.2, 0) is 9.53 Å². The highest BCUT2D eigenvalue weighted by Crippen LogP contribution is 2.22. The van der Waals surface area contributed by atoms with Gasteiger partial charge < -0.3 is 10.1 Å². The van der Waals surface area contributed by atoms with Gasteiger partial charge >= 0.3 is 6.09 Å². The molecule has 0 saturated carbocycles. The van der Waals surface area contributed by atoms with E-state index in [1.807, 2.05) is 12.1 Å². The first-order chi connectivity index (χ1) is 12.7. The van der Waals surface area contributed by atoms with Gasteiger partial charge in [0.2, 0.25) is 5.91 Å². The molecule has 0 bridgehead atoms. The lowest BCUT2D eigenvalue weighted by Crippen LogP contribution is -2.27. The number of hydrogen-bond acceptors (Lipinski definition) is 6. The zero-order valence-electron chi connectivity index (χ0n) is 15.5. The number of carbonyl (C=O) groups excluding carboxylic acids is 2. The number of ether oxygens (including phenoxy) is 1. The Morgan fingerprint density at radius 1 is 1.07 bits per heavy atom. The Labute approximate surface area is 155 Å². The molecule has 2 amide bonds. The SMILES string of the molecule is CC(=O)Nc1ccc(-c2ccnc3nc(NC(=O)OC(C)(C)C)nn23)cc1. The van der Waals surface area contributed by atoms with Crippen LogP contribution in [0, 0.1) is 0 Å². The number of anilines is 2. The van der Waals surface area contributed by atoms with Gasteiger partial charge in [0.25, 0.3) is 11.7 Å². The van der Waals surface area contributed by atoms with Crippen molar-refractivity contribution < 1.29 is 14.3 Å². The third kappa shape index (κ3) is 4.57. The van der Waals surface area contributed by atoms with Gasteiger partial charge in [0, 0.05) is 24.4 Å². The van der Waals surface area contributed by atoms with E-state index in [0.717, 1.165) is 11.3 Å². The normalized spacial score (nSPS) is 11.3. The maximum atomic E-state index is 11.9. The molecule has 0 aliphatic rings. The molecule has 27 heavy (non-hydrogen) atoms. The van der Waals surface area contributed by atoms with Gasteiger partial charge in [-0.15, -0.1) is 5.10 Å². The van der Waals surface area contributed by atoms with Crippen molar-refractivity contribution >= 4 is 29.4 Å². The number of rotatable bonds is 3. The fourth-order valence-corrected chi connectivity index (χ4v) is 2.39. The number of fused-ring (bicyclic) bond motifs is 1. The second-order valence-electron chi connectivity index (χ2n) is 6.86. The Balaban J connectivity index is 1.88. The van der Waals surface area contributed by atoms with E-state index in [1.54, 1.807) is 45.2 Å². The van der Waals surface area contributed by atoms with Crippen LogP contribution in [0.4, 0.5) is 16.4 Å². The number of hydrogen-bond donors (Lipinski definition) is 2.